The van der Waals surface area contributed by atoms with Crippen LogP contribution in [0.4, 0.5) is 5.82 Å². The van der Waals surface area contributed by atoms with Gasteiger partial charge in [0, 0.05) is 5.56 Å². The Morgan fingerprint density at radius 1 is 0.692 bits per heavy atom. The number of hydrogen-bond donors (Lipinski definition) is 1. The molecule has 1 saturated heterocycles. The van der Waals surface area contributed by atoms with Gasteiger partial charge in [-0.2, -0.15) is 0 Å². The van der Waals surface area contributed by atoms with Crippen molar-refractivity contribution in [1.29, 1.82) is 0 Å². The first-order chi connectivity index (χ1) is 25.3. The van der Waals surface area contributed by atoms with Crippen LogP contribution in [0.2, 0.25) is 0 Å². The molecule has 1 N–H and O–H groups in total. The molecular weight excluding hydrogens is 666 g/mol. The van der Waals surface area contributed by atoms with Crippen LogP contribution < -0.4 is 5.32 Å². The molecule has 1 aliphatic rings. The second-order valence-electron chi connectivity index (χ2n) is 12.1. The van der Waals surface area contributed by atoms with E-state index in [9.17, 15) is 19.2 Å². The number of nitrogens with one attached hydrogen (secondary N) is 1. The van der Waals surface area contributed by atoms with Crippen LogP contribution in [-0.4, -0.2) is 67.7 Å². The Balaban J connectivity index is 1.28. The van der Waals surface area contributed by atoms with Crippen LogP contribution in [0.25, 0.3) is 11.2 Å². The highest BCUT2D eigenvalue weighted by Crippen LogP contribution is 2.43. The van der Waals surface area contributed by atoms with E-state index in [0.29, 0.717) is 11.1 Å². The summed E-state index contributed by atoms with van der Waals surface area (Å²) in [7, 11) is 0. The summed E-state index contributed by atoms with van der Waals surface area (Å²) in [5.74, 6) is -2.37. The van der Waals surface area contributed by atoms with Gasteiger partial charge in [0.1, 0.15) is 18.5 Å². The van der Waals surface area contributed by atoms with Crippen LogP contribution in [0, 0.1) is 0 Å². The summed E-state index contributed by atoms with van der Waals surface area (Å²) in [6.07, 6.45) is -1.23. The summed E-state index contributed by atoms with van der Waals surface area (Å²) in [5, 5.41) is 2.77. The van der Waals surface area contributed by atoms with E-state index in [4.69, 9.17) is 18.9 Å². The van der Waals surface area contributed by atoms with E-state index in [1.807, 2.05) is 0 Å². The summed E-state index contributed by atoms with van der Waals surface area (Å²) in [6, 6.07) is 33.6. The highest BCUT2D eigenvalue weighted by Gasteiger charge is 2.59. The third-order valence-electron chi connectivity index (χ3n) is 8.47. The second kappa shape index (κ2) is 14.6. The van der Waals surface area contributed by atoms with Gasteiger partial charge < -0.3 is 24.3 Å². The zero-order valence-corrected chi connectivity index (χ0v) is 27.7. The topological polar surface area (TPSA) is 161 Å². The van der Waals surface area contributed by atoms with E-state index >= 15 is 0 Å². The van der Waals surface area contributed by atoms with Crippen LogP contribution >= 0.6 is 0 Å². The minimum absolute atomic E-state index is 0.125. The van der Waals surface area contributed by atoms with Gasteiger partial charge in [-0.3, -0.25) is 9.36 Å². The molecule has 0 saturated carbocycles. The molecule has 6 aromatic rings. The molecular formula is C39H31N5O8. The number of carbonyl (C=O) groups is 4. The summed E-state index contributed by atoms with van der Waals surface area (Å²) in [6.45, 7) is 1.19. The Morgan fingerprint density at radius 2 is 1.21 bits per heavy atom. The van der Waals surface area contributed by atoms with Gasteiger partial charge in [0.05, 0.1) is 23.0 Å². The molecule has 0 bridgehead atoms. The number of fused-ring (bicyclic) bond motifs is 1. The number of aromatic nitrogens is 4. The first-order valence-corrected chi connectivity index (χ1v) is 16.3. The number of esters is 3. The van der Waals surface area contributed by atoms with Gasteiger partial charge in [0.15, 0.2) is 35.4 Å². The van der Waals surface area contributed by atoms with Gasteiger partial charge in [0.2, 0.25) is 0 Å². The molecule has 7 rings (SSSR count). The molecule has 4 atom stereocenters. The van der Waals surface area contributed by atoms with Gasteiger partial charge in [-0.25, -0.2) is 29.3 Å². The number of nitrogens with zero attached hydrogens (tertiary/aromatic N) is 4. The number of rotatable bonds is 10. The molecule has 0 aliphatic carbocycles. The SMILES string of the molecule is C[C@]1(COC(=O)c2ccccc2)O[C@@H](n2cnc3c(NC(=O)c4ccccc4)ncnc32)[C@@H](OC(=O)c2ccccc2)C1OC(=O)c1ccccc1. The largest absolute Gasteiger partial charge is 0.459 e. The molecule has 1 fully saturated rings. The first kappa shape index (κ1) is 33.8. The number of benzene rings is 4. The van der Waals surface area contributed by atoms with E-state index in [-0.39, 0.29) is 28.1 Å². The van der Waals surface area contributed by atoms with Crippen molar-refractivity contribution in [3.05, 3.63) is 156 Å². The molecule has 52 heavy (non-hydrogen) atoms. The minimum Gasteiger partial charge on any atom is -0.459 e. The molecule has 0 radical (unpaired) electrons. The van der Waals surface area contributed by atoms with Crippen molar-refractivity contribution >= 4 is 40.8 Å². The number of carbonyl (C=O) groups excluding carboxylic acids is 4. The van der Waals surface area contributed by atoms with Crippen molar-refractivity contribution in [2.45, 2.75) is 31.0 Å². The molecule has 13 heteroatoms. The number of hydrogen-bond acceptors (Lipinski definition) is 11. The molecule has 1 amide bonds. The smallest absolute Gasteiger partial charge is 0.338 e. The molecule has 4 aromatic carbocycles. The van der Waals surface area contributed by atoms with Crippen LogP contribution in [0.3, 0.4) is 0 Å². The fourth-order valence-corrected chi connectivity index (χ4v) is 5.84. The molecule has 3 heterocycles. The van der Waals surface area contributed by atoms with Crippen molar-refractivity contribution in [2.75, 3.05) is 11.9 Å². The third kappa shape index (κ3) is 6.98. The summed E-state index contributed by atoms with van der Waals surface area (Å²) >= 11 is 0. The Labute approximate surface area is 297 Å². The van der Waals surface area contributed by atoms with E-state index in [0.717, 1.165) is 0 Å². The fraction of sp³-hybridized carbons (Fsp3) is 0.154. The monoisotopic (exact) mass is 697 g/mol. The molecule has 260 valence electrons. The number of imidazole rings is 1. The zero-order chi connectivity index (χ0) is 36.1. The average molecular weight is 698 g/mol. The number of amides is 1. The van der Waals surface area contributed by atoms with Crippen molar-refractivity contribution in [2.24, 2.45) is 0 Å². The van der Waals surface area contributed by atoms with Crippen LogP contribution in [0.15, 0.2) is 134 Å². The number of anilines is 1. The highest BCUT2D eigenvalue weighted by molar-refractivity contribution is 6.06. The lowest BCUT2D eigenvalue weighted by molar-refractivity contribution is -0.120. The summed E-state index contributed by atoms with van der Waals surface area (Å²) in [5.41, 5.74) is 0.0325. The van der Waals surface area contributed by atoms with E-state index in [1.54, 1.807) is 128 Å². The predicted octanol–water partition coefficient (Wildman–Crippen LogP) is 5.67. The normalized spacial score (nSPS) is 19.4. The second-order valence-corrected chi connectivity index (χ2v) is 12.1. The molecule has 0 spiro atoms. The fourth-order valence-electron chi connectivity index (χ4n) is 5.84. The maximum absolute atomic E-state index is 13.7. The summed E-state index contributed by atoms with van der Waals surface area (Å²) in [4.78, 5) is 66.6. The summed E-state index contributed by atoms with van der Waals surface area (Å²) < 4.78 is 26.1. The maximum atomic E-state index is 13.7. The van der Waals surface area contributed by atoms with Gasteiger partial charge in [0.25, 0.3) is 5.91 Å². The van der Waals surface area contributed by atoms with Crippen LogP contribution in [0.5, 0.6) is 0 Å². The predicted molar refractivity (Wildman–Crippen MR) is 186 cm³/mol. The Morgan fingerprint density at radius 3 is 1.79 bits per heavy atom. The Bertz CT molecular complexity index is 2220. The van der Waals surface area contributed by atoms with E-state index in [2.05, 4.69) is 20.3 Å². The van der Waals surface area contributed by atoms with Crippen molar-refractivity contribution < 1.29 is 38.1 Å². The zero-order valence-electron chi connectivity index (χ0n) is 27.7. The maximum Gasteiger partial charge on any atom is 0.338 e. The van der Waals surface area contributed by atoms with E-state index < -0.39 is 54.5 Å². The lowest BCUT2D eigenvalue weighted by atomic mass is 9.97. The van der Waals surface area contributed by atoms with Crippen LogP contribution in [-0.2, 0) is 18.9 Å². The Hall–Kier alpha value is -6.73. The standard InChI is InChI=1S/C39H31N5O8/c1-39(22-49-36(46)26-16-8-3-9-17-26)31(51-38(48)28-20-12-5-13-21-28)30(50-37(47)27-18-10-4-11-19-27)35(52-39)44-24-42-29-32(40-23-41-33(29)44)43-34(45)25-14-6-2-7-15-25/h2-21,23-24,30-31,35H,22H2,1H3,(H,40,41,43,45)/t30-,31?,35+,39+/m0/s1. The van der Waals surface area contributed by atoms with E-state index in [1.165, 1.54) is 17.2 Å². The Kier molecular flexibility index (Phi) is 9.50. The van der Waals surface area contributed by atoms with Crippen molar-refractivity contribution in [3.8, 4) is 0 Å². The van der Waals surface area contributed by atoms with Gasteiger partial charge in [-0.05, 0) is 55.5 Å². The molecule has 1 aliphatic heterocycles. The van der Waals surface area contributed by atoms with Crippen molar-refractivity contribution in [1.82, 2.24) is 19.5 Å². The first-order valence-electron chi connectivity index (χ1n) is 16.3. The highest BCUT2D eigenvalue weighted by atomic mass is 16.7. The van der Waals surface area contributed by atoms with Crippen molar-refractivity contribution in [3.63, 3.8) is 0 Å². The van der Waals surface area contributed by atoms with Crippen LogP contribution in [0.1, 0.15) is 54.6 Å². The molecule has 1 unspecified atom stereocenters. The quantitative estimate of drug-likeness (QED) is 0.139. The lowest BCUT2D eigenvalue weighted by Crippen LogP contribution is -2.48. The lowest BCUT2D eigenvalue weighted by Gasteiger charge is -2.30. The average Bonchev–Trinajstić information content (AvgIpc) is 3.74. The number of ether oxygens (including phenoxy) is 4. The van der Waals surface area contributed by atoms with Gasteiger partial charge >= 0.3 is 17.9 Å². The van der Waals surface area contributed by atoms with Gasteiger partial charge in [-0.1, -0.05) is 72.8 Å². The molecule has 13 nitrogen and oxygen atoms in total. The van der Waals surface area contributed by atoms with Gasteiger partial charge in [-0.15, -0.1) is 0 Å². The third-order valence-corrected chi connectivity index (χ3v) is 8.47. The minimum atomic E-state index is -1.57. The molecule has 2 aromatic heterocycles.